The van der Waals surface area contributed by atoms with Crippen LogP contribution in [0.4, 0.5) is 0 Å². The molecule has 1 aromatic rings. The second-order valence-corrected chi connectivity index (χ2v) is 9.77. The number of amides is 1. The van der Waals surface area contributed by atoms with Crippen LogP contribution in [0, 0.1) is 23.2 Å². The Morgan fingerprint density at radius 2 is 1.80 bits per heavy atom. The lowest BCUT2D eigenvalue weighted by molar-refractivity contribution is -0.126. The van der Waals surface area contributed by atoms with E-state index >= 15 is 0 Å². The van der Waals surface area contributed by atoms with Gasteiger partial charge in [-0.25, -0.2) is 0 Å². The van der Waals surface area contributed by atoms with E-state index in [2.05, 4.69) is 12.2 Å². The highest BCUT2D eigenvalue weighted by molar-refractivity contribution is 7.12. The molecule has 25 heavy (non-hydrogen) atoms. The average molecular weight is 360 g/mol. The molecule has 0 aromatic carbocycles. The van der Waals surface area contributed by atoms with Gasteiger partial charge in [0.05, 0.1) is 4.88 Å². The summed E-state index contributed by atoms with van der Waals surface area (Å²) in [7, 11) is 0. The van der Waals surface area contributed by atoms with Crippen LogP contribution in [-0.2, 0) is 4.79 Å². The minimum absolute atomic E-state index is 0.127. The van der Waals surface area contributed by atoms with Gasteiger partial charge in [0.15, 0.2) is 5.78 Å². The summed E-state index contributed by atoms with van der Waals surface area (Å²) in [6, 6.07) is 4.04. The van der Waals surface area contributed by atoms with E-state index in [1.807, 2.05) is 17.5 Å². The van der Waals surface area contributed by atoms with Crippen LogP contribution in [0.2, 0.25) is 0 Å². The zero-order chi connectivity index (χ0) is 17.4. The normalized spacial score (nSPS) is 34.0. The van der Waals surface area contributed by atoms with Crippen molar-refractivity contribution in [2.24, 2.45) is 23.2 Å². The lowest BCUT2D eigenvalue weighted by atomic mass is 9.48. The van der Waals surface area contributed by atoms with Gasteiger partial charge in [0.1, 0.15) is 0 Å². The van der Waals surface area contributed by atoms with Crippen LogP contribution in [0.5, 0.6) is 0 Å². The van der Waals surface area contributed by atoms with Gasteiger partial charge in [-0.3, -0.25) is 9.59 Å². The zero-order valence-corrected chi connectivity index (χ0v) is 15.9. The molecule has 0 spiro atoms. The Bertz CT molecular complexity index is 601. The largest absolute Gasteiger partial charge is 0.353 e. The van der Waals surface area contributed by atoms with Crippen molar-refractivity contribution in [3.63, 3.8) is 0 Å². The smallest absolute Gasteiger partial charge is 0.220 e. The molecule has 0 saturated heterocycles. The second kappa shape index (κ2) is 6.86. The van der Waals surface area contributed by atoms with Crippen molar-refractivity contribution >= 4 is 23.0 Å². The van der Waals surface area contributed by atoms with E-state index in [9.17, 15) is 9.59 Å². The molecule has 4 bridgehead atoms. The van der Waals surface area contributed by atoms with E-state index in [0.29, 0.717) is 24.7 Å². The molecule has 4 heteroatoms. The van der Waals surface area contributed by atoms with Crippen LogP contribution < -0.4 is 5.32 Å². The van der Waals surface area contributed by atoms with E-state index < -0.39 is 0 Å². The first-order valence-corrected chi connectivity index (χ1v) is 10.8. The molecule has 1 N–H and O–H groups in total. The minimum atomic E-state index is 0.127. The van der Waals surface area contributed by atoms with Crippen LogP contribution in [0.1, 0.15) is 74.4 Å². The SMILES string of the molecule is C[C@@H](NC(=O)CCCC(=O)c1cccs1)C12CC3CC(CC(C3)C1)C2. The topological polar surface area (TPSA) is 46.2 Å². The Morgan fingerprint density at radius 3 is 2.36 bits per heavy atom. The number of ketones is 1. The van der Waals surface area contributed by atoms with Crippen molar-refractivity contribution in [1.82, 2.24) is 5.32 Å². The molecule has 1 aromatic heterocycles. The Labute approximate surface area is 154 Å². The predicted molar refractivity (Wildman–Crippen MR) is 101 cm³/mol. The van der Waals surface area contributed by atoms with Crippen molar-refractivity contribution in [2.45, 2.75) is 70.8 Å². The summed E-state index contributed by atoms with van der Waals surface area (Å²) in [5.41, 5.74) is 0.358. The molecule has 0 aliphatic heterocycles. The van der Waals surface area contributed by atoms with E-state index in [1.54, 1.807) is 0 Å². The maximum Gasteiger partial charge on any atom is 0.220 e. The first kappa shape index (κ1) is 17.3. The third-order valence-corrected chi connectivity index (χ3v) is 7.90. The first-order chi connectivity index (χ1) is 12.0. The monoisotopic (exact) mass is 359 g/mol. The molecular formula is C21H29NO2S. The number of hydrogen-bond donors (Lipinski definition) is 1. The van der Waals surface area contributed by atoms with Gasteiger partial charge in [0.2, 0.25) is 5.91 Å². The fourth-order valence-electron chi connectivity index (χ4n) is 6.14. The lowest BCUT2D eigenvalue weighted by Crippen LogP contribution is -2.55. The van der Waals surface area contributed by atoms with E-state index in [-0.39, 0.29) is 17.7 Å². The molecular weight excluding hydrogens is 330 g/mol. The Balaban J connectivity index is 1.26. The number of nitrogens with one attached hydrogen (secondary N) is 1. The number of hydrogen-bond acceptors (Lipinski definition) is 3. The molecule has 1 atom stereocenters. The highest BCUT2D eigenvalue weighted by Crippen LogP contribution is 2.61. The van der Waals surface area contributed by atoms with E-state index in [4.69, 9.17) is 0 Å². The van der Waals surface area contributed by atoms with Gasteiger partial charge in [-0.2, -0.15) is 0 Å². The van der Waals surface area contributed by atoms with Crippen molar-refractivity contribution < 1.29 is 9.59 Å². The molecule has 0 radical (unpaired) electrons. The van der Waals surface area contributed by atoms with Crippen LogP contribution in [0.25, 0.3) is 0 Å². The predicted octanol–water partition coefficient (Wildman–Crippen LogP) is 4.82. The highest BCUT2D eigenvalue weighted by Gasteiger charge is 2.53. The van der Waals surface area contributed by atoms with Crippen molar-refractivity contribution in [1.29, 1.82) is 0 Å². The number of Topliss-reactive ketones (excluding diaryl/α,β-unsaturated/α-hetero) is 1. The average Bonchev–Trinajstić information content (AvgIpc) is 3.08. The van der Waals surface area contributed by atoms with Gasteiger partial charge < -0.3 is 5.32 Å². The Kier molecular flexibility index (Phi) is 4.74. The van der Waals surface area contributed by atoms with Crippen LogP contribution in [0.3, 0.4) is 0 Å². The zero-order valence-electron chi connectivity index (χ0n) is 15.1. The standard InChI is InChI=1S/C21H29NO2S/c1-14(21-11-15-8-16(12-21)10-17(9-15)13-21)22-20(24)6-2-4-18(23)19-5-3-7-25-19/h3,5,7,14-17H,2,4,6,8-13H2,1H3,(H,22,24)/t14-,15?,16?,17?,21?/m1/s1. The summed E-state index contributed by atoms with van der Waals surface area (Å²) in [4.78, 5) is 25.2. The van der Waals surface area contributed by atoms with Gasteiger partial charge in [-0.15, -0.1) is 11.3 Å². The fourth-order valence-corrected chi connectivity index (χ4v) is 6.84. The molecule has 136 valence electrons. The third kappa shape index (κ3) is 3.55. The van der Waals surface area contributed by atoms with Crippen LogP contribution in [0.15, 0.2) is 17.5 Å². The third-order valence-electron chi connectivity index (χ3n) is 6.99. The summed E-state index contributed by atoms with van der Waals surface area (Å²) in [5.74, 6) is 3.02. The van der Waals surface area contributed by atoms with Crippen LogP contribution in [-0.4, -0.2) is 17.7 Å². The molecule has 4 saturated carbocycles. The summed E-state index contributed by atoms with van der Waals surface area (Å²) in [5, 5.41) is 5.22. The molecule has 0 unspecified atom stereocenters. The van der Waals surface area contributed by atoms with Crippen LogP contribution >= 0.6 is 11.3 Å². The molecule has 1 heterocycles. The molecule has 4 fully saturated rings. The van der Waals surface area contributed by atoms with Gasteiger partial charge in [0, 0.05) is 18.9 Å². The molecule has 1 amide bonds. The number of carbonyl (C=O) groups excluding carboxylic acids is 2. The van der Waals surface area contributed by atoms with E-state index in [1.165, 1.54) is 49.9 Å². The lowest BCUT2D eigenvalue weighted by Gasteiger charge is -2.59. The van der Waals surface area contributed by atoms with Crippen molar-refractivity contribution in [3.8, 4) is 0 Å². The van der Waals surface area contributed by atoms with Crippen molar-refractivity contribution in [2.75, 3.05) is 0 Å². The maximum absolute atomic E-state index is 12.4. The van der Waals surface area contributed by atoms with Gasteiger partial charge >= 0.3 is 0 Å². The quantitative estimate of drug-likeness (QED) is 0.709. The van der Waals surface area contributed by atoms with Gasteiger partial charge in [-0.1, -0.05) is 6.07 Å². The molecule has 4 aliphatic carbocycles. The highest BCUT2D eigenvalue weighted by atomic mass is 32.1. The summed E-state index contributed by atoms with van der Waals surface area (Å²) in [6.07, 6.45) is 9.84. The number of rotatable bonds is 7. The Hall–Kier alpha value is -1.16. The number of carbonyl (C=O) groups is 2. The van der Waals surface area contributed by atoms with Gasteiger partial charge in [-0.05, 0) is 86.5 Å². The number of thiophene rings is 1. The van der Waals surface area contributed by atoms with Crippen molar-refractivity contribution in [3.05, 3.63) is 22.4 Å². The summed E-state index contributed by atoms with van der Waals surface area (Å²) < 4.78 is 0. The summed E-state index contributed by atoms with van der Waals surface area (Å²) >= 11 is 1.48. The fraction of sp³-hybridized carbons (Fsp3) is 0.714. The minimum Gasteiger partial charge on any atom is -0.353 e. The maximum atomic E-state index is 12.4. The molecule has 3 nitrogen and oxygen atoms in total. The molecule has 4 aliphatic rings. The second-order valence-electron chi connectivity index (χ2n) is 8.82. The van der Waals surface area contributed by atoms with E-state index in [0.717, 1.165) is 22.6 Å². The Morgan fingerprint density at radius 1 is 1.16 bits per heavy atom. The molecule has 5 rings (SSSR count). The summed E-state index contributed by atoms with van der Waals surface area (Å²) in [6.45, 7) is 2.22. The first-order valence-electron chi connectivity index (χ1n) is 9.90. The van der Waals surface area contributed by atoms with Gasteiger partial charge in [0.25, 0.3) is 0 Å².